The Labute approximate surface area is 156 Å². The first-order valence-corrected chi connectivity index (χ1v) is 10.2. The number of hydrogen-bond donors (Lipinski definition) is 5. The van der Waals surface area contributed by atoms with Gasteiger partial charge in [-0.3, -0.25) is 9.11 Å². The van der Waals surface area contributed by atoms with Gasteiger partial charge in [-0.25, -0.2) is 0 Å². The molecular weight excluding hydrogens is 426 g/mol. The molecule has 0 saturated heterocycles. The summed E-state index contributed by atoms with van der Waals surface area (Å²) in [5, 5.41) is -0.261. The molecule has 0 spiro atoms. The summed E-state index contributed by atoms with van der Waals surface area (Å²) in [7, 11) is -15.4. The lowest BCUT2D eigenvalue weighted by molar-refractivity contribution is 0.437. The Balaban J connectivity index is 0. The van der Waals surface area contributed by atoms with E-state index in [2.05, 4.69) is 10.8 Å². The zero-order valence-corrected chi connectivity index (χ0v) is 16.2. The quantitative estimate of drug-likeness (QED) is 0.250. The van der Waals surface area contributed by atoms with Crippen molar-refractivity contribution in [3.8, 4) is 0 Å². The van der Waals surface area contributed by atoms with Crippen molar-refractivity contribution in [3.63, 3.8) is 0 Å². The molecule has 2 aromatic carbocycles. The van der Waals surface area contributed by atoms with Crippen LogP contribution in [0, 0.1) is 0 Å². The van der Waals surface area contributed by atoms with Crippen LogP contribution in [0.15, 0.2) is 57.9 Å². The van der Waals surface area contributed by atoms with Crippen LogP contribution in [0.25, 0.3) is 10.8 Å². The Morgan fingerprint density at radius 2 is 1.37 bits per heavy atom. The molecule has 0 aliphatic rings. The Morgan fingerprint density at radius 1 is 0.852 bits per heavy atom. The summed E-state index contributed by atoms with van der Waals surface area (Å²) in [5.41, 5.74) is 0. The highest BCUT2D eigenvalue weighted by Crippen LogP contribution is 2.36. The van der Waals surface area contributed by atoms with Gasteiger partial charge in [0, 0.05) is 5.39 Å². The van der Waals surface area contributed by atoms with Crippen LogP contribution in [-0.4, -0.2) is 34.4 Å². The fourth-order valence-electron chi connectivity index (χ4n) is 2.09. The van der Waals surface area contributed by atoms with E-state index < -0.39 is 45.0 Å². The first-order valence-electron chi connectivity index (χ1n) is 5.94. The van der Waals surface area contributed by atoms with Crippen LogP contribution in [0.4, 0.5) is 0 Å². The van der Waals surface area contributed by atoms with Crippen LogP contribution in [0.3, 0.4) is 0 Å². The number of fused-ring (bicyclic) bond motifs is 1. The summed E-state index contributed by atoms with van der Waals surface area (Å²) in [4.78, 5) is -3.93. The van der Waals surface area contributed by atoms with Gasteiger partial charge in [0.25, 0.3) is 20.2 Å². The van der Waals surface area contributed by atoms with Gasteiger partial charge in [-0.15, -0.1) is 0 Å². The third-order valence-electron chi connectivity index (χ3n) is 2.90. The molecule has 0 aromatic heterocycles. The van der Waals surface area contributed by atoms with Gasteiger partial charge < -0.3 is 22.6 Å². The summed E-state index contributed by atoms with van der Waals surface area (Å²) < 4.78 is 93.7. The molecule has 154 valence electrons. The van der Waals surface area contributed by atoms with Gasteiger partial charge in [0.1, 0.15) is 14.7 Å². The van der Waals surface area contributed by atoms with Gasteiger partial charge >= 0.3 is 10.1 Å². The van der Waals surface area contributed by atoms with E-state index in [1.807, 2.05) is 0 Å². The second-order valence-electron chi connectivity index (χ2n) is 4.42. The summed E-state index contributed by atoms with van der Waals surface area (Å²) in [6.07, 6.45) is 0.484. The van der Waals surface area contributed by atoms with E-state index in [1.54, 1.807) is 0 Å². The molecule has 2 rings (SSSR count). The standard InChI is InChI=1S/C12H10O9S3.3H3N/c1-2-21-24(19,20)11-9-6-4-3-5-8(9)7-10(22(13,14)15)12(11)23(16,17)18;;;/h2-7H,1H2,(H,13,14,15)(H,16,17,18);3*1H3. The average Bonchev–Trinajstić information content (AvgIpc) is 2.43. The second-order valence-corrected chi connectivity index (χ2v) is 8.68. The Bertz CT molecular complexity index is 1160. The van der Waals surface area contributed by atoms with Crippen LogP contribution in [0.5, 0.6) is 0 Å². The minimum Gasteiger partial charge on any atom is -0.388 e. The molecule has 2 aromatic rings. The first-order chi connectivity index (χ1) is 10.9. The van der Waals surface area contributed by atoms with E-state index in [9.17, 15) is 34.4 Å². The summed E-state index contributed by atoms with van der Waals surface area (Å²) in [6.45, 7) is 3.03. The molecule has 0 unspecified atom stereocenters. The highest BCUT2D eigenvalue weighted by atomic mass is 32.2. The number of hydrogen-bond acceptors (Lipinski definition) is 10. The van der Waals surface area contributed by atoms with Crippen LogP contribution >= 0.6 is 0 Å². The molecule has 0 saturated carbocycles. The molecular formula is C12H19N3O9S3. The van der Waals surface area contributed by atoms with Gasteiger partial charge in [-0.1, -0.05) is 30.8 Å². The normalized spacial score (nSPS) is 11.5. The zero-order valence-electron chi connectivity index (χ0n) is 13.8. The predicted molar refractivity (Wildman–Crippen MR) is 97.1 cm³/mol. The fourth-order valence-corrected chi connectivity index (χ4v) is 5.75. The zero-order chi connectivity index (χ0) is 18.3. The lowest BCUT2D eigenvalue weighted by Crippen LogP contribution is -2.16. The van der Waals surface area contributed by atoms with Crippen molar-refractivity contribution in [1.82, 2.24) is 18.5 Å². The maximum atomic E-state index is 12.2. The van der Waals surface area contributed by atoms with Crippen molar-refractivity contribution in [2.24, 2.45) is 0 Å². The molecule has 0 heterocycles. The highest BCUT2D eigenvalue weighted by Gasteiger charge is 2.35. The van der Waals surface area contributed by atoms with E-state index in [4.69, 9.17) is 0 Å². The minimum absolute atomic E-state index is 0. The molecule has 11 N–H and O–H groups in total. The lowest BCUT2D eigenvalue weighted by Gasteiger charge is -2.14. The van der Waals surface area contributed by atoms with E-state index in [-0.39, 0.29) is 29.2 Å². The van der Waals surface area contributed by atoms with Crippen molar-refractivity contribution < 1.29 is 38.5 Å². The van der Waals surface area contributed by atoms with Gasteiger partial charge in [0.15, 0.2) is 0 Å². The Hall–Kier alpha value is -2.11. The largest absolute Gasteiger partial charge is 0.388 e. The Kier molecular flexibility index (Phi) is 8.76. The lowest BCUT2D eigenvalue weighted by atomic mass is 10.1. The van der Waals surface area contributed by atoms with Crippen molar-refractivity contribution in [2.75, 3.05) is 0 Å². The SMILES string of the molecule is C=COS(=O)(=O)c1c(S(=O)(=O)O)c(S(=O)(=O)O)cc2ccccc12.N.N.N. The van der Waals surface area contributed by atoms with Crippen LogP contribution in [-0.2, 0) is 34.5 Å². The van der Waals surface area contributed by atoms with Gasteiger partial charge in [0.05, 0.1) is 6.26 Å². The van der Waals surface area contributed by atoms with Crippen molar-refractivity contribution in [1.29, 1.82) is 0 Å². The van der Waals surface area contributed by atoms with Crippen molar-refractivity contribution in [3.05, 3.63) is 43.2 Å². The van der Waals surface area contributed by atoms with E-state index in [0.29, 0.717) is 6.26 Å². The molecule has 0 amide bonds. The van der Waals surface area contributed by atoms with Crippen LogP contribution in [0.1, 0.15) is 0 Å². The molecule has 15 heteroatoms. The maximum Gasteiger partial charge on any atom is 0.340 e. The molecule has 0 radical (unpaired) electrons. The molecule has 0 aliphatic heterocycles. The summed E-state index contributed by atoms with van der Waals surface area (Å²) in [5.74, 6) is 0. The molecule has 0 atom stereocenters. The van der Waals surface area contributed by atoms with E-state index in [1.165, 1.54) is 24.3 Å². The van der Waals surface area contributed by atoms with E-state index >= 15 is 0 Å². The molecule has 0 fully saturated rings. The van der Waals surface area contributed by atoms with Gasteiger partial charge in [-0.2, -0.15) is 25.3 Å². The molecule has 12 nitrogen and oxygen atoms in total. The number of benzene rings is 2. The summed E-state index contributed by atoms with van der Waals surface area (Å²) in [6, 6.07) is 5.96. The van der Waals surface area contributed by atoms with Gasteiger partial charge in [-0.05, 0) is 11.5 Å². The van der Waals surface area contributed by atoms with Crippen molar-refractivity contribution >= 4 is 41.1 Å². The second kappa shape index (κ2) is 8.72. The molecule has 27 heavy (non-hydrogen) atoms. The first kappa shape index (κ1) is 27.1. The minimum atomic E-state index is -5.37. The fraction of sp³-hybridized carbons (Fsp3) is 0. The third kappa shape index (κ3) is 5.21. The predicted octanol–water partition coefficient (Wildman–Crippen LogP) is 1.67. The topological polar surface area (TPSA) is 257 Å². The Morgan fingerprint density at radius 3 is 1.81 bits per heavy atom. The van der Waals surface area contributed by atoms with Crippen molar-refractivity contribution in [2.45, 2.75) is 14.7 Å². The monoisotopic (exact) mass is 445 g/mol. The smallest absolute Gasteiger partial charge is 0.340 e. The average molecular weight is 445 g/mol. The summed E-state index contributed by atoms with van der Waals surface area (Å²) >= 11 is 0. The molecule has 0 bridgehead atoms. The maximum absolute atomic E-state index is 12.2. The van der Waals surface area contributed by atoms with Crippen LogP contribution < -0.4 is 18.5 Å². The van der Waals surface area contributed by atoms with E-state index in [0.717, 1.165) is 6.07 Å². The molecule has 0 aliphatic carbocycles. The third-order valence-corrected chi connectivity index (χ3v) is 6.29. The number of rotatable bonds is 5. The van der Waals surface area contributed by atoms with Gasteiger partial charge in [0.2, 0.25) is 0 Å². The van der Waals surface area contributed by atoms with Crippen LogP contribution in [0.2, 0.25) is 0 Å². The highest BCUT2D eigenvalue weighted by molar-refractivity contribution is 7.91.